The Balaban J connectivity index is 1.48. The Morgan fingerprint density at radius 3 is 2.19 bits per heavy atom. The Bertz CT molecular complexity index is 1370. The fourth-order valence-electron chi connectivity index (χ4n) is 3.53. The average molecular weight is 468 g/mol. The molecule has 0 unspecified atom stereocenters. The standard InChI is InChI=1S/C24H21NO5S2/c1-32(28,29)25-13-12-18-10-11-22(31-18)21(26)15-30-24(27)23-19-8-4-2-6-16(19)14-17-7-3-5-9-20(17)23/h2-11,14,25H,12-13,15H2,1H3. The van der Waals surface area contributed by atoms with Crippen molar-refractivity contribution in [2.75, 3.05) is 19.4 Å². The Morgan fingerprint density at radius 2 is 1.56 bits per heavy atom. The van der Waals surface area contributed by atoms with Gasteiger partial charge < -0.3 is 4.74 Å². The van der Waals surface area contributed by atoms with Crippen molar-refractivity contribution in [3.63, 3.8) is 0 Å². The molecule has 0 aliphatic carbocycles. The molecular weight excluding hydrogens is 446 g/mol. The van der Waals surface area contributed by atoms with Crippen LogP contribution in [0.5, 0.6) is 0 Å². The van der Waals surface area contributed by atoms with E-state index < -0.39 is 16.0 Å². The minimum atomic E-state index is -3.25. The number of ether oxygens (including phenoxy) is 1. The van der Waals surface area contributed by atoms with E-state index in [1.807, 2.05) is 54.6 Å². The Labute approximate surface area is 189 Å². The van der Waals surface area contributed by atoms with Crippen LogP contribution in [0.3, 0.4) is 0 Å². The third-order valence-corrected chi connectivity index (χ3v) is 6.90. The highest BCUT2D eigenvalue weighted by Crippen LogP contribution is 2.29. The Kier molecular flexibility index (Phi) is 6.36. The lowest BCUT2D eigenvalue weighted by Crippen LogP contribution is -2.24. The first-order chi connectivity index (χ1) is 15.3. The monoisotopic (exact) mass is 467 g/mol. The van der Waals surface area contributed by atoms with Crippen molar-refractivity contribution in [2.45, 2.75) is 6.42 Å². The average Bonchev–Trinajstić information content (AvgIpc) is 3.23. The molecule has 4 rings (SSSR count). The van der Waals surface area contributed by atoms with Gasteiger partial charge >= 0.3 is 5.97 Å². The first kappa shape index (κ1) is 22.1. The summed E-state index contributed by atoms with van der Waals surface area (Å²) < 4.78 is 30.2. The van der Waals surface area contributed by atoms with Gasteiger partial charge in [0, 0.05) is 11.4 Å². The minimum absolute atomic E-state index is 0.260. The molecule has 164 valence electrons. The highest BCUT2D eigenvalue weighted by molar-refractivity contribution is 7.88. The van der Waals surface area contributed by atoms with Gasteiger partial charge in [0.25, 0.3) is 0 Å². The van der Waals surface area contributed by atoms with Crippen LogP contribution >= 0.6 is 11.3 Å². The second kappa shape index (κ2) is 9.20. The smallest absolute Gasteiger partial charge is 0.339 e. The van der Waals surface area contributed by atoms with Gasteiger partial charge in [0.05, 0.1) is 16.7 Å². The van der Waals surface area contributed by atoms with Crippen molar-refractivity contribution in [1.29, 1.82) is 0 Å². The molecule has 32 heavy (non-hydrogen) atoms. The van der Waals surface area contributed by atoms with E-state index >= 15 is 0 Å². The lowest BCUT2D eigenvalue weighted by molar-refractivity contribution is 0.0479. The second-order valence-electron chi connectivity index (χ2n) is 7.38. The molecule has 1 aromatic heterocycles. The van der Waals surface area contributed by atoms with E-state index in [1.54, 1.807) is 12.1 Å². The van der Waals surface area contributed by atoms with Crippen molar-refractivity contribution in [3.8, 4) is 0 Å². The van der Waals surface area contributed by atoms with Crippen LogP contribution in [0.15, 0.2) is 66.7 Å². The summed E-state index contributed by atoms with van der Waals surface area (Å²) in [7, 11) is -3.25. The van der Waals surface area contributed by atoms with E-state index in [-0.39, 0.29) is 18.9 Å². The van der Waals surface area contributed by atoms with Gasteiger partial charge in [-0.05, 0) is 46.2 Å². The SMILES string of the molecule is CS(=O)(=O)NCCc1ccc(C(=O)COC(=O)c2c3ccccc3cc3ccccc23)s1. The number of thiophene rings is 1. The first-order valence-corrected chi connectivity index (χ1v) is 12.7. The Hall–Kier alpha value is -3.07. The summed E-state index contributed by atoms with van der Waals surface area (Å²) in [6, 6.07) is 20.7. The zero-order chi connectivity index (χ0) is 22.7. The van der Waals surface area contributed by atoms with Crippen molar-refractivity contribution < 1.29 is 22.7 Å². The third kappa shape index (κ3) is 5.04. The molecule has 3 aromatic carbocycles. The summed E-state index contributed by atoms with van der Waals surface area (Å²) in [5, 5.41) is 3.41. The lowest BCUT2D eigenvalue weighted by Gasteiger charge is -2.11. The predicted octanol–water partition coefficient (Wildman–Crippen LogP) is 4.19. The highest BCUT2D eigenvalue weighted by atomic mass is 32.2. The number of rotatable bonds is 8. The van der Waals surface area contributed by atoms with Crippen LogP contribution in [0.1, 0.15) is 24.9 Å². The summed E-state index contributed by atoms with van der Waals surface area (Å²) in [5.41, 5.74) is 0.449. The molecule has 0 amide bonds. The number of hydrogen-bond donors (Lipinski definition) is 1. The summed E-state index contributed by atoms with van der Waals surface area (Å²) in [6.07, 6.45) is 1.58. The number of benzene rings is 3. The molecule has 0 atom stereocenters. The molecule has 0 saturated carbocycles. The van der Waals surface area contributed by atoms with Gasteiger partial charge in [-0.2, -0.15) is 0 Å². The maximum atomic E-state index is 13.0. The molecule has 4 aromatic rings. The molecule has 0 aliphatic heterocycles. The second-order valence-corrected chi connectivity index (χ2v) is 10.4. The van der Waals surface area contributed by atoms with Crippen LogP contribution in [-0.2, 0) is 21.2 Å². The summed E-state index contributed by atoms with van der Waals surface area (Å²) in [5.74, 6) is -0.837. The summed E-state index contributed by atoms with van der Waals surface area (Å²) in [4.78, 5) is 26.9. The number of fused-ring (bicyclic) bond motifs is 2. The van der Waals surface area contributed by atoms with Gasteiger partial charge in [-0.25, -0.2) is 17.9 Å². The van der Waals surface area contributed by atoms with E-state index in [2.05, 4.69) is 4.72 Å². The molecule has 0 bridgehead atoms. The molecule has 0 fully saturated rings. The first-order valence-electron chi connectivity index (χ1n) is 9.96. The molecule has 1 N–H and O–H groups in total. The zero-order valence-corrected chi connectivity index (χ0v) is 19.0. The summed E-state index contributed by atoms with van der Waals surface area (Å²) >= 11 is 1.27. The van der Waals surface area contributed by atoms with E-state index in [9.17, 15) is 18.0 Å². The lowest BCUT2D eigenvalue weighted by atomic mass is 9.97. The zero-order valence-electron chi connectivity index (χ0n) is 17.3. The molecule has 0 aliphatic rings. The van der Waals surface area contributed by atoms with Crippen LogP contribution in [0, 0.1) is 0 Å². The normalized spacial score (nSPS) is 11.7. The van der Waals surface area contributed by atoms with E-state index in [0.717, 1.165) is 32.7 Å². The number of sulfonamides is 1. The molecule has 8 heteroatoms. The Morgan fingerprint density at radius 1 is 0.938 bits per heavy atom. The number of Topliss-reactive ketones (excluding diaryl/α,β-unsaturated/α-hetero) is 1. The van der Waals surface area contributed by atoms with Crippen LogP contribution in [0.4, 0.5) is 0 Å². The van der Waals surface area contributed by atoms with Gasteiger partial charge in [-0.1, -0.05) is 48.5 Å². The number of esters is 1. The topological polar surface area (TPSA) is 89.5 Å². The quantitative estimate of drug-likeness (QED) is 0.238. The predicted molar refractivity (Wildman–Crippen MR) is 127 cm³/mol. The molecule has 0 saturated heterocycles. The van der Waals surface area contributed by atoms with E-state index in [0.29, 0.717) is 16.9 Å². The molecule has 6 nitrogen and oxygen atoms in total. The maximum Gasteiger partial charge on any atom is 0.339 e. The van der Waals surface area contributed by atoms with Crippen LogP contribution in [0.25, 0.3) is 21.5 Å². The number of nitrogens with one attached hydrogen (secondary N) is 1. The molecule has 0 spiro atoms. The van der Waals surface area contributed by atoms with Crippen molar-refractivity contribution >= 4 is 54.7 Å². The number of ketones is 1. The fourth-order valence-corrected chi connectivity index (χ4v) is 4.93. The number of carbonyl (C=O) groups is 2. The number of carbonyl (C=O) groups excluding carboxylic acids is 2. The van der Waals surface area contributed by atoms with E-state index in [1.165, 1.54) is 11.3 Å². The van der Waals surface area contributed by atoms with Gasteiger partial charge in [0.15, 0.2) is 6.61 Å². The van der Waals surface area contributed by atoms with Crippen molar-refractivity contribution in [2.24, 2.45) is 0 Å². The van der Waals surface area contributed by atoms with Gasteiger partial charge in [-0.3, -0.25) is 4.79 Å². The van der Waals surface area contributed by atoms with Gasteiger partial charge in [0.1, 0.15) is 0 Å². The van der Waals surface area contributed by atoms with Gasteiger partial charge in [0.2, 0.25) is 15.8 Å². The fraction of sp³-hybridized carbons (Fsp3) is 0.167. The molecule has 0 radical (unpaired) electrons. The minimum Gasteiger partial charge on any atom is -0.454 e. The molecular formula is C24H21NO5S2. The van der Waals surface area contributed by atoms with Crippen molar-refractivity contribution in [1.82, 2.24) is 4.72 Å². The van der Waals surface area contributed by atoms with Crippen LogP contribution < -0.4 is 4.72 Å². The van der Waals surface area contributed by atoms with Gasteiger partial charge in [-0.15, -0.1) is 11.3 Å². The van der Waals surface area contributed by atoms with Crippen molar-refractivity contribution in [3.05, 3.63) is 82.0 Å². The number of hydrogen-bond acceptors (Lipinski definition) is 6. The maximum absolute atomic E-state index is 13.0. The third-order valence-electron chi connectivity index (χ3n) is 4.98. The highest BCUT2D eigenvalue weighted by Gasteiger charge is 2.18. The largest absolute Gasteiger partial charge is 0.454 e. The molecule has 1 heterocycles. The van der Waals surface area contributed by atoms with E-state index in [4.69, 9.17) is 4.74 Å². The van der Waals surface area contributed by atoms with Crippen LogP contribution in [-0.4, -0.2) is 39.6 Å². The van der Waals surface area contributed by atoms with Crippen LogP contribution in [0.2, 0.25) is 0 Å². The summed E-state index contributed by atoms with van der Waals surface area (Å²) in [6.45, 7) is -0.103.